The largest absolute Gasteiger partial charge is 0.465 e. The van der Waals surface area contributed by atoms with Crippen LogP contribution in [0.1, 0.15) is 25.3 Å². The van der Waals surface area contributed by atoms with E-state index in [-0.39, 0.29) is 19.8 Å². The number of hydrogen-bond donors (Lipinski definition) is 1. The molecular weight excluding hydrogens is 294 g/mol. The summed E-state index contributed by atoms with van der Waals surface area (Å²) in [5.41, 5.74) is 6.51. The van der Waals surface area contributed by atoms with E-state index in [1.165, 1.54) is 0 Å². The van der Waals surface area contributed by atoms with Gasteiger partial charge in [-0.05, 0) is 31.5 Å². The Labute approximate surface area is 129 Å². The third-order valence-electron chi connectivity index (χ3n) is 3.04. The summed E-state index contributed by atoms with van der Waals surface area (Å²) in [4.78, 5) is 24.2. The number of rotatable bonds is 7. The normalized spacial score (nSPS) is 12.0. The number of nitrogens with two attached hydrogens (primary N) is 1. The number of benzene rings is 1. The fraction of sp³-hybridized carbons (Fsp3) is 0.467. The molecule has 0 radical (unpaired) electrons. The Hall–Kier alpha value is -1.59. The third-order valence-corrected chi connectivity index (χ3v) is 3.29. The van der Waals surface area contributed by atoms with E-state index in [4.69, 9.17) is 26.8 Å². The Kier molecular flexibility index (Phi) is 7.19. The lowest BCUT2D eigenvalue weighted by Crippen LogP contribution is -2.36. The Balaban J connectivity index is 3.10. The lowest BCUT2D eigenvalue weighted by molar-refractivity contribution is -0.162. The minimum Gasteiger partial charge on any atom is -0.465 e. The molecule has 0 saturated heterocycles. The molecule has 6 heteroatoms. The van der Waals surface area contributed by atoms with Crippen molar-refractivity contribution in [1.29, 1.82) is 0 Å². The first-order valence-electron chi connectivity index (χ1n) is 6.83. The first kappa shape index (κ1) is 17.5. The molecule has 0 fully saturated rings. The molecule has 0 bridgehead atoms. The molecule has 21 heavy (non-hydrogen) atoms. The molecule has 0 aliphatic rings. The van der Waals surface area contributed by atoms with Crippen molar-refractivity contribution in [2.45, 2.75) is 19.8 Å². The Morgan fingerprint density at radius 1 is 1.10 bits per heavy atom. The predicted octanol–water partition coefficient (Wildman–Crippen LogP) is 2.12. The molecule has 0 saturated carbocycles. The summed E-state index contributed by atoms with van der Waals surface area (Å²) in [6, 6.07) is 6.86. The standard InChI is InChI=1S/C15H20ClNO4/c1-3-20-14(18)13(15(19)21-4-2)12(9-17)10-5-7-11(16)8-6-10/h5-8,12-13H,3-4,9,17H2,1-2H3. The van der Waals surface area contributed by atoms with E-state index in [0.29, 0.717) is 5.02 Å². The van der Waals surface area contributed by atoms with Gasteiger partial charge in [-0.15, -0.1) is 0 Å². The Morgan fingerprint density at radius 3 is 1.95 bits per heavy atom. The molecule has 0 heterocycles. The first-order chi connectivity index (χ1) is 10.0. The molecule has 116 valence electrons. The number of ether oxygens (including phenoxy) is 2. The van der Waals surface area contributed by atoms with Gasteiger partial charge in [-0.3, -0.25) is 9.59 Å². The van der Waals surface area contributed by atoms with E-state index in [1.807, 2.05) is 0 Å². The molecule has 0 amide bonds. The van der Waals surface area contributed by atoms with E-state index >= 15 is 0 Å². The highest BCUT2D eigenvalue weighted by Gasteiger charge is 2.37. The van der Waals surface area contributed by atoms with Crippen molar-refractivity contribution in [3.63, 3.8) is 0 Å². The van der Waals surface area contributed by atoms with Crippen LogP contribution < -0.4 is 5.73 Å². The molecule has 1 unspecified atom stereocenters. The monoisotopic (exact) mass is 313 g/mol. The molecule has 0 aliphatic heterocycles. The highest BCUT2D eigenvalue weighted by molar-refractivity contribution is 6.30. The summed E-state index contributed by atoms with van der Waals surface area (Å²) in [6.45, 7) is 3.85. The summed E-state index contributed by atoms with van der Waals surface area (Å²) >= 11 is 5.85. The van der Waals surface area contributed by atoms with E-state index in [2.05, 4.69) is 0 Å². The van der Waals surface area contributed by atoms with Crippen LogP contribution in [-0.2, 0) is 19.1 Å². The number of halogens is 1. The SMILES string of the molecule is CCOC(=O)C(C(=O)OCC)C(CN)c1ccc(Cl)cc1. The van der Waals surface area contributed by atoms with Crippen molar-refractivity contribution in [2.75, 3.05) is 19.8 Å². The Bertz CT molecular complexity index is 457. The second-order valence-electron chi connectivity index (χ2n) is 4.38. The van der Waals surface area contributed by atoms with Crippen molar-refractivity contribution in [3.05, 3.63) is 34.9 Å². The van der Waals surface area contributed by atoms with Gasteiger partial charge in [0.1, 0.15) is 0 Å². The molecule has 2 N–H and O–H groups in total. The molecular formula is C15H20ClNO4. The maximum absolute atomic E-state index is 12.1. The van der Waals surface area contributed by atoms with Crippen LogP contribution in [0.15, 0.2) is 24.3 Å². The van der Waals surface area contributed by atoms with Crippen molar-refractivity contribution < 1.29 is 19.1 Å². The number of hydrogen-bond acceptors (Lipinski definition) is 5. The Morgan fingerprint density at radius 2 is 1.57 bits per heavy atom. The number of esters is 2. The number of carbonyl (C=O) groups is 2. The quantitative estimate of drug-likeness (QED) is 0.616. The maximum atomic E-state index is 12.1. The van der Waals surface area contributed by atoms with Gasteiger partial charge in [0.15, 0.2) is 5.92 Å². The zero-order valence-corrected chi connectivity index (χ0v) is 12.9. The number of carbonyl (C=O) groups excluding carboxylic acids is 2. The maximum Gasteiger partial charge on any atom is 0.321 e. The molecule has 1 rings (SSSR count). The van der Waals surface area contributed by atoms with Crippen molar-refractivity contribution >= 4 is 23.5 Å². The van der Waals surface area contributed by atoms with Crippen molar-refractivity contribution in [1.82, 2.24) is 0 Å². The van der Waals surface area contributed by atoms with Crippen LogP contribution in [0.2, 0.25) is 5.02 Å². The fourth-order valence-electron chi connectivity index (χ4n) is 2.06. The second-order valence-corrected chi connectivity index (χ2v) is 4.81. The van der Waals surface area contributed by atoms with Crippen LogP contribution in [0.25, 0.3) is 0 Å². The smallest absolute Gasteiger partial charge is 0.321 e. The predicted molar refractivity (Wildman–Crippen MR) is 80.0 cm³/mol. The molecule has 0 aliphatic carbocycles. The topological polar surface area (TPSA) is 78.6 Å². The molecule has 0 aromatic heterocycles. The minimum atomic E-state index is -1.07. The lowest BCUT2D eigenvalue weighted by Gasteiger charge is -2.23. The zero-order valence-electron chi connectivity index (χ0n) is 12.2. The van der Waals surface area contributed by atoms with Gasteiger partial charge in [-0.2, -0.15) is 0 Å². The summed E-state index contributed by atoms with van der Waals surface area (Å²) in [7, 11) is 0. The van der Waals surface area contributed by atoms with E-state index in [1.54, 1.807) is 38.1 Å². The molecule has 5 nitrogen and oxygen atoms in total. The molecule has 1 aromatic carbocycles. The average molecular weight is 314 g/mol. The van der Waals surface area contributed by atoms with Crippen LogP contribution >= 0.6 is 11.6 Å². The van der Waals surface area contributed by atoms with Gasteiger partial charge in [0.25, 0.3) is 0 Å². The molecule has 1 atom stereocenters. The van der Waals surface area contributed by atoms with Crippen LogP contribution in [0.4, 0.5) is 0 Å². The van der Waals surface area contributed by atoms with Crippen LogP contribution in [0, 0.1) is 5.92 Å². The van der Waals surface area contributed by atoms with Gasteiger partial charge >= 0.3 is 11.9 Å². The van der Waals surface area contributed by atoms with E-state index in [9.17, 15) is 9.59 Å². The van der Waals surface area contributed by atoms with Crippen molar-refractivity contribution in [3.8, 4) is 0 Å². The summed E-state index contributed by atoms with van der Waals surface area (Å²) in [5, 5.41) is 0.568. The van der Waals surface area contributed by atoms with E-state index in [0.717, 1.165) is 5.56 Å². The van der Waals surface area contributed by atoms with Crippen LogP contribution in [0.3, 0.4) is 0 Å². The summed E-state index contributed by atoms with van der Waals surface area (Å²) in [5.74, 6) is -2.83. The molecule has 0 spiro atoms. The van der Waals surface area contributed by atoms with Gasteiger partial charge in [-0.1, -0.05) is 23.7 Å². The molecule has 1 aromatic rings. The highest BCUT2D eigenvalue weighted by Crippen LogP contribution is 2.27. The van der Waals surface area contributed by atoms with Gasteiger partial charge in [0.2, 0.25) is 0 Å². The van der Waals surface area contributed by atoms with Crippen molar-refractivity contribution in [2.24, 2.45) is 11.7 Å². The van der Waals surface area contributed by atoms with Gasteiger partial charge < -0.3 is 15.2 Å². The average Bonchev–Trinajstić information content (AvgIpc) is 2.46. The van der Waals surface area contributed by atoms with E-state index < -0.39 is 23.8 Å². The highest BCUT2D eigenvalue weighted by atomic mass is 35.5. The van der Waals surface area contributed by atoms with Gasteiger partial charge in [0, 0.05) is 17.5 Å². The fourth-order valence-corrected chi connectivity index (χ4v) is 2.19. The van der Waals surface area contributed by atoms with Gasteiger partial charge in [-0.25, -0.2) is 0 Å². The van der Waals surface area contributed by atoms with Gasteiger partial charge in [0.05, 0.1) is 13.2 Å². The third kappa shape index (κ3) is 4.72. The first-order valence-corrected chi connectivity index (χ1v) is 7.21. The minimum absolute atomic E-state index is 0.115. The zero-order chi connectivity index (χ0) is 15.8. The second kappa shape index (κ2) is 8.64. The van der Waals surface area contributed by atoms with Crippen LogP contribution in [0.5, 0.6) is 0 Å². The lowest BCUT2D eigenvalue weighted by atomic mass is 9.86. The summed E-state index contributed by atoms with van der Waals surface area (Å²) < 4.78 is 9.96. The van der Waals surface area contributed by atoms with Crippen LogP contribution in [-0.4, -0.2) is 31.7 Å². The summed E-state index contributed by atoms with van der Waals surface area (Å²) in [6.07, 6.45) is 0.